The van der Waals surface area contributed by atoms with E-state index in [-0.39, 0.29) is 0 Å². The van der Waals surface area contributed by atoms with E-state index in [4.69, 9.17) is 18.6 Å². The van der Waals surface area contributed by atoms with E-state index in [0.29, 0.717) is 0 Å². The summed E-state index contributed by atoms with van der Waals surface area (Å²) in [6, 6.07) is 6.02. The van der Waals surface area contributed by atoms with E-state index >= 15 is 0 Å². The summed E-state index contributed by atoms with van der Waals surface area (Å²) in [6.45, 7) is 4.17. The first-order chi connectivity index (χ1) is 7.79. The summed E-state index contributed by atoms with van der Waals surface area (Å²) in [5.74, 6) is 0. The van der Waals surface area contributed by atoms with Crippen LogP contribution in [0.2, 0.25) is 0 Å². The van der Waals surface area contributed by atoms with Crippen LogP contribution >= 0.6 is 0 Å². The molecule has 2 aromatic heterocycles. The van der Waals surface area contributed by atoms with Crippen molar-refractivity contribution in [2.45, 2.75) is 13.8 Å². The molecule has 0 amide bonds. The number of pyridine rings is 1. The van der Waals surface area contributed by atoms with Crippen molar-refractivity contribution in [2.24, 2.45) is 0 Å². The average Bonchev–Trinajstić information content (AvgIpc) is 2.22. The van der Waals surface area contributed by atoms with Gasteiger partial charge in [-0.05, 0) is 24.9 Å². The van der Waals surface area contributed by atoms with E-state index in [1.54, 1.807) is 0 Å². The molecule has 7 heteroatoms. The van der Waals surface area contributed by atoms with Gasteiger partial charge in [-0.3, -0.25) is 0 Å². The van der Waals surface area contributed by atoms with Gasteiger partial charge in [0.2, 0.25) is 0 Å². The third-order valence-corrected chi connectivity index (χ3v) is 2.16. The minimum absolute atomic E-state index is 1.00. The molecule has 0 N–H and O–H groups in total. The number of hydrogen-bond acceptors (Lipinski definition) is 5. The number of halogens is 1. The van der Waals surface area contributed by atoms with Crippen molar-refractivity contribution in [2.75, 3.05) is 0 Å². The third kappa shape index (κ3) is 4.59. The highest BCUT2D eigenvalue weighted by atomic mass is 35.7. The number of hydrogen-bond donors (Lipinski definition) is 0. The molecule has 0 aromatic carbocycles. The summed E-state index contributed by atoms with van der Waals surface area (Å²) >= 11 is 0. The number of aromatic nitrogens is 2. The van der Waals surface area contributed by atoms with Crippen LogP contribution in [-0.4, -0.2) is 4.98 Å². The van der Waals surface area contributed by atoms with Gasteiger partial charge in [0.1, 0.15) is 11.9 Å². The molecule has 0 atom stereocenters. The molecule has 0 unspecified atom stereocenters. The van der Waals surface area contributed by atoms with Crippen molar-refractivity contribution in [1.29, 1.82) is 0 Å². The van der Waals surface area contributed by atoms with Crippen LogP contribution in [0.5, 0.6) is 0 Å². The van der Waals surface area contributed by atoms with Crippen LogP contribution in [0.25, 0.3) is 5.65 Å². The van der Waals surface area contributed by atoms with Crippen molar-refractivity contribution >= 4 is 5.65 Å². The summed E-state index contributed by atoms with van der Waals surface area (Å²) in [5, 5.41) is 0. The smallest absolute Gasteiger partial charge is 0.222 e. The van der Waals surface area contributed by atoms with Crippen LogP contribution < -0.4 is 23.0 Å². The lowest BCUT2D eigenvalue weighted by atomic mass is 10.2. The first kappa shape index (κ1) is 13.8. The van der Waals surface area contributed by atoms with Crippen LogP contribution in [0, 0.1) is 24.1 Å². The van der Waals surface area contributed by atoms with Crippen molar-refractivity contribution < 1.29 is 33.3 Å². The quantitative estimate of drug-likeness (QED) is 0.459. The Morgan fingerprint density at radius 3 is 2.29 bits per heavy atom. The lowest BCUT2D eigenvalue weighted by Crippen LogP contribution is -2.68. The van der Waals surface area contributed by atoms with Gasteiger partial charge in [-0.15, -0.1) is 10.2 Å². The van der Waals surface area contributed by atoms with E-state index in [1.807, 2.05) is 30.6 Å². The predicted octanol–water partition coefficient (Wildman–Crippen LogP) is -3.32. The Labute approximate surface area is 100 Å². The highest BCUT2D eigenvalue weighted by molar-refractivity contribution is 5.29. The van der Waals surface area contributed by atoms with E-state index in [2.05, 4.69) is 23.2 Å². The summed E-state index contributed by atoms with van der Waals surface area (Å²) in [5.41, 5.74) is 3.47. The normalized spacial score (nSPS) is 10.9. The van der Waals surface area contributed by atoms with Crippen LogP contribution in [0.15, 0.2) is 30.6 Å². The topological polar surface area (TPSA) is 109 Å². The monoisotopic (exact) mass is 258 g/mol. The lowest BCUT2D eigenvalue weighted by molar-refractivity contribution is -2.00. The number of fused-ring (bicyclic) bond motifs is 1. The molecule has 2 heterocycles. The van der Waals surface area contributed by atoms with Gasteiger partial charge in [0.15, 0.2) is 0 Å². The van der Waals surface area contributed by atoms with E-state index in [0.717, 1.165) is 5.65 Å². The lowest BCUT2D eigenvalue weighted by Gasteiger charge is -2.17. The molecule has 0 saturated heterocycles. The van der Waals surface area contributed by atoms with Crippen LogP contribution in [-0.2, 0) is 0 Å². The Hall–Kier alpha value is -1.31. The first-order valence-electron chi connectivity index (χ1n) is 4.63. The molecule has 2 aromatic rings. The predicted molar refractivity (Wildman–Crippen MR) is 46.9 cm³/mol. The van der Waals surface area contributed by atoms with Crippen LogP contribution in [0.1, 0.15) is 11.3 Å². The Morgan fingerprint density at radius 1 is 1.12 bits per heavy atom. The van der Waals surface area contributed by atoms with Gasteiger partial charge < -0.3 is 0 Å². The van der Waals surface area contributed by atoms with E-state index in [1.165, 1.54) is 11.3 Å². The second-order valence-corrected chi connectivity index (χ2v) is 4.09. The molecule has 0 aliphatic heterocycles. The molecular weight excluding hydrogens is 248 g/mol. The minimum Gasteiger partial charge on any atom is -0.222 e. The highest BCUT2D eigenvalue weighted by Gasteiger charge is 2.06. The second kappa shape index (κ2) is 5.35. The zero-order valence-electron chi connectivity index (χ0n) is 9.29. The molecule has 0 bridgehead atoms. The molecule has 92 valence electrons. The Balaban J connectivity index is 0.000000249. The zero-order chi connectivity index (χ0) is 13.1. The van der Waals surface area contributed by atoms with Gasteiger partial charge in [-0.1, -0.05) is 6.07 Å². The van der Waals surface area contributed by atoms with Gasteiger partial charge in [0.05, 0.1) is 6.20 Å². The van der Waals surface area contributed by atoms with Crippen LogP contribution in [0.4, 0.5) is 0 Å². The zero-order valence-corrected chi connectivity index (χ0v) is 10.0. The summed E-state index contributed by atoms with van der Waals surface area (Å²) in [6.07, 6.45) is 3.94. The molecule has 6 nitrogen and oxygen atoms in total. The Morgan fingerprint density at radius 2 is 1.71 bits per heavy atom. The van der Waals surface area contributed by atoms with Gasteiger partial charge in [-0.25, -0.2) is 23.0 Å². The Kier molecular flexibility index (Phi) is 4.33. The van der Waals surface area contributed by atoms with Crippen molar-refractivity contribution in [3.8, 4) is 0 Å². The number of aryl methyl sites for hydroxylation is 2. The molecule has 17 heavy (non-hydrogen) atoms. The molecule has 0 aliphatic carbocycles. The summed E-state index contributed by atoms with van der Waals surface area (Å²) in [7, 11) is -4.94. The molecule has 0 spiro atoms. The fraction of sp³-hybridized carbons (Fsp3) is 0.200. The van der Waals surface area contributed by atoms with Gasteiger partial charge in [-0.2, -0.15) is 0 Å². The average molecular weight is 259 g/mol. The molecule has 0 aliphatic rings. The van der Waals surface area contributed by atoms with Crippen molar-refractivity contribution in [3.63, 3.8) is 0 Å². The molecule has 2 rings (SSSR count). The van der Waals surface area contributed by atoms with Crippen molar-refractivity contribution in [1.82, 2.24) is 4.98 Å². The number of rotatable bonds is 0. The van der Waals surface area contributed by atoms with E-state index < -0.39 is 10.2 Å². The van der Waals surface area contributed by atoms with Gasteiger partial charge in [0, 0.05) is 11.6 Å². The van der Waals surface area contributed by atoms with Crippen molar-refractivity contribution in [3.05, 3.63) is 41.9 Å². The summed E-state index contributed by atoms with van der Waals surface area (Å²) < 4.78 is 36.1. The largest absolute Gasteiger partial charge is 0.327 e. The SMILES string of the molecule is Cc1cnc2cccc[n+]2c1C.[O-][Cl+3]([O-])([O-])[O-]. The summed E-state index contributed by atoms with van der Waals surface area (Å²) in [4.78, 5) is 4.30. The standard InChI is InChI=1S/C10H11N2.ClHO4/c1-8-7-11-10-5-3-4-6-12(10)9(8)2;2-1(3,4)5/h3-7H,1-2H3;(H,2,3,4,5)/q+1;/p-1. The maximum Gasteiger partial charge on any atom is 0.327 e. The number of nitrogens with zero attached hydrogens (tertiary/aromatic N) is 2. The third-order valence-electron chi connectivity index (χ3n) is 2.16. The maximum atomic E-state index is 8.49. The minimum atomic E-state index is -4.94. The molecule has 0 radical (unpaired) electrons. The fourth-order valence-electron chi connectivity index (χ4n) is 1.27. The van der Waals surface area contributed by atoms with Gasteiger partial charge in [0.25, 0.3) is 0 Å². The fourth-order valence-corrected chi connectivity index (χ4v) is 1.27. The van der Waals surface area contributed by atoms with Crippen LogP contribution in [0.3, 0.4) is 0 Å². The van der Waals surface area contributed by atoms with E-state index in [9.17, 15) is 0 Å². The Bertz CT molecular complexity index is 507. The molecule has 0 fully saturated rings. The second-order valence-electron chi connectivity index (χ2n) is 3.33. The first-order valence-corrected chi connectivity index (χ1v) is 5.87. The maximum absolute atomic E-state index is 8.49. The molecule has 0 saturated carbocycles. The molecular formula is C10H11ClN2O4. The van der Waals surface area contributed by atoms with Gasteiger partial charge >= 0.3 is 5.65 Å². The highest BCUT2D eigenvalue weighted by Crippen LogP contribution is 2.00.